The van der Waals surface area contributed by atoms with Crippen molar-refractivity contribution in [3.05, 3.63) is 35.3 Å². The Morgan fingerprint density at radius 3 is 2.96 bits per heavy atom. The standard InChI is InChI=1S/C17H18ClN3O4/c18-13-1-3-19-6-14(13)20-15(22)12-5-17(25-8-12)9-21(10-17)16(23)11-2-4-24-7-11/h1,3,6-7,12H,2,4-5,8-10H2,(H,20,22)/t12-/m0/s1. The molecule has 132 valence electrons. The van der Waals surface area contributed by atoms with Crippen molar-refractivity contribution >= 4 is 29.1 Å². The molecule has 1 spiro atoms. The average Bonchev–Trinajstić information content (AvgIpc) is 3.25. The Bertz CT molecular complexity index is 745. The van der Waals surface area contributed by atoms with E-state index in [1.54, 1.807) is 17.2 Å². The average molecular weight is 364 g/mol. The van der Waals surface area contributed by atoms with Gasteiger partial charge in [-0.2, -0.15) is 0 Å². The van der Waals surface area contributed by atoms with Gasteiger partial charge in [0.05, 0.1) is 61.0 Å². The first-order valence-corrected chi connectivity index (χ1v) is 8.58. The number of rotatable bonds is 3. The van der Waals surface area contributed by atoms with Crippen LogP contribution >= 0.6 is 11.6 Å². The van der Waals surface area contributed by atoms with Crippen molar-refractivity contribution in [2.45, 2.75) is 18.4 Å². The quantitative estimate of drug-likeness (QED) is 0.882. The summed E-state index contributed by atoms with van der Waals surface area (Å²) in [6.45, 7) is 1.94. The molecule has 25 heavy (non-hydrogen) atoms. The molecule has 0 unspecified atom stereocenters. The molecular weight excluding hydrogens is 346 g/mol. The fourth-order valence-electron chi connectivity index (χ4n) is 3.48. The maximum Gasteiger partial charge on any atom is 0.253 e. The van der Waals surface area contributed by atoms with Gasteiger partial charge in [0.15, 0.2) is 0 Å². The number of likely N-dealkylation sites (tertiary alicyclic amines) is 1. The van der Waals surface area contributed by atoms with E-state index in [1.807, 2.05) is 0 Å². The molecule has 8 heteroatoms. The normalized spacial score (nSPS) is 23.8. The molecule has 3 aliphatic heterocycles. The number of hydrogen-bond acceptors (Lipinski definition) is 5. The number of halogens is 1. The molecule has 1 N–H and O–H groups in total. The molecule has 0 saturated carbocycles. The maximum absolute atomic E-state index is 12.4. The van der Waals surface area contributed by atoms with Crippen LogP contribution in [0.4, 0.5) is 5.69 Å². The lowest BCUT2D eigenvalue weighted by Gasteiger charge is -2.47. The second-order valence-corrected chi connectivity index (χ2v) is 7.07. The number of aromatic nitrogens is 1. The lowest BCUT2D eigenvalue weighted by Crippen LogP contribution is -2.63. The van der Waals surface area contributed by atoms with Crippen LogP contribution in [0.15, 0.2) is 30.3 Å². The predicted molar refractivity (Wildman–Crippen MR) is 89.9 cm³/mol. The Kier molecular flexibility index (Phi) is 4.13. The maximum atomic E-state index is 12.4. The van der Waals surface area contributed by atoms with Crippen LogP contribution in [0.3, 0.4) is 0 Å². The van der Waals surface area contributed by atoms with Crippen molar-refractivity contribution in [1.29, 1.82) is 0 Å². The number of ether oxygens (including phenoxy) is 2. The molecule has 2 saturated heterocycles. The molecule has 1 atom stereocenters. The smallest absolute Gasteiger partial charge is 0.253 e. The van der Waals surface area contributed by atoms with E-state index < -0.39 is 5.60 Å². The number of nitrogens with one attached hydrogen (secondary N) is 1. The van der Waals surface area contributed by atoms with Crippen LogP contribution in [-0.4, -0.2) is 53.6 Å². The van der Waals surface area contributed by atoms with Crippen molar-refractivity contribution in [3.63, 3.8) is 0 Å². The van der Waals surface area contributed by atoms with Crippen LogP contribution in [0.25, 0.3) is 0 Å². The van der Waals surface area contributed by atoms with E-state index in [2.05, 4.69) is 10.3 Å². The van der Waals surface area contributed by atoms with Crippen LogP contribution in [0, 0.1) is 5.92 Å². The largest absolute Gasteiger partial charge is 0.500 e. The van der Waals surface area contributed by atoms with Gasteiger partial charge < -0.3 is 19.7 Å². The minimum absolute atomic E-state index is 0.00164. The van der Waals surface area contributed by atoms with Gasteiger partial charge in [0, 0.05) is 12.6 Å². The minimum Gasteiger partial charge on any atom is -0.500 e. The van der Waals surface area contributed by atoms with Gasteiger partial charge in [-0.3, -0.25) is 14.6 Å². The van der Waals surface area contributed by atoms with Crippen molar-refractivity contribution in [2.24, 2.45) is 5.92 Å². The number of hydrogen-bond donors (Lipinski definition) is 1. The second kappa shape index (κ2) is 6.31. The third-order valence-corrected chi connectivity index (χ3v) is 5.17. The number of pyridine rings is 1. The summed E-state index contributed by atoms with van der Waals surface area (Å²) in [5.41, 5.74) is 0.790. The molecule has 4 heterocycles. The zero-order valence-corrected chi connectivity index (χ0v) is 14.3. The number of anilines is 1. The van der Waals surface area contributed by atoms with E-state index in [-0.39, 0.29) is 17.7 Å². The summed E-state index contributed by atoms with van der Waals surface area (Å²) >= 11 is 6.04. The van der Waals surface area contributed by atoms with Crippen LogP contribution in [0.5, 0.6) is 0 Å². The predicted octanol–water partition coefficient (Wildman–Crippen LogP) is 1.60. The summed E-state index contributed by atoms with van der Waals surface area (Å²) in [4.78, 5) is 30.4. The van der Waals surface area contributed by atoms with Gasteiger partial charge in [0.25, 0.3) is 5.91 Å². The summed E-state index contributed by atoms with van der Waals surface area (Å²) in [6, 6.07) is 1.63. The second-order valence-electron chi connectivity index (χ2n) is 6.66. The number of nitrogens with zero attached hydrogens (tertiary/aromatic N) is 2. The number of carbonyl (C=O) groups is 2. The highest BCUT2D eigenvalue weighted by atomic mass is 35.5. The molecule has 0 aliphatic carbocycles. The molecule has 2 fully saturated rings. The van der Waals surface area contributed by atoms with Crippen LogP contribution in [0.2, 0.25) is 5.02 Å². The molecule has 1 aromatic rings. The Balaban J connectivity index is 1.32. The van der Waals surface area contributed by atoms with Gasteiger partial charge in [-0.15, -0.1) is 0 Å². The fourth-order valence-corrected chi connectivity index (χ4v) is 3.63. The van der Waals surface area contributed by atoms with Gasteiger partial charge in [0.2, 0.25) is 5.91 Å². The van der Waals surface area contributed by atoms with Crippen LogP contribution in [0.1, 0.15) is 12.8 Å². The minimum atomic E-state index is -0.406. The van der Waals surface area contributed by atoms with Crippen molar-refractivity contribution in [2.75, 3.05) is 31.6 Å². The zero-order chi connectivity index (χ0) is 17.4. The molecule has 0 aromatic carbocycles. The SMILES string of the molecule is O=C(Nc1cnccc1Cl)[C@@H]1COC2(C1)CN(C(=O)C1=COCC1)C2. The Hall–Kier alpha value is -2.12. The first kappa shape index (κ1) is 16.4. The Morgan fingerprint density at radius 1 is 1.40 bits per heavy atom. The molecule has 1 aromatic heterocycles. The van der Waals surface area contributed by atoms with E-state index >= 15 is 0 Å². The Labute approximate surface area is 149 Å². The monoisotopic (exact) mass is 363 g/mol. The van der Waals surface area contributed by atoms with Crippen molar-refractivity contribution < 1.29 is 19.1 Å². The molecule has 0 radical (unpaired) electrons. The topological polar surface area (TPSA) is 80.8 Å². The van der Waals surface area contributed by atoms with Gasteiger partial charge in [0.1, 0.15) is 5.60 Å². The summed E-state index contributed by atoms with van der Waals surface area (Å²) in [5.74, 6) is -0.396. The molecule has 7 nitrogen and oxygen atoms in total. The number of amides is 2. The number of carbonyl (C=O) groups excluding carboxylic acids is 2. The van der Waals surface area contributed by atoms with Gasteiger partial charge >= 0.3 is 0 Å². The van der Waals surface area contributed by atoms with Gasteiger partial charge in [-0.05, 0) is 12.5 Å². The van der Waals surface area contributed by atoms with E-state index in [4.69, 9.17) is 21.1 Å². The van der Waals surface area contributed by atoms with Crippen molar-refractivity contribution in [1.82, 2.24) is 9.88 Å². The highest BCUT2D eigenvalue weighted by Crippen LogP contribution is 2.39. The molecular formula is C17H18ClN3O4. The molecule has 3 aliphatic rings. The van der Waals surface area contributed by atoms with Gasteiger partial charge in [-0.1, -0.05) is 11.6 Å². The van der Waals surface area contributed by atoms with Crippen molar-refractivity contribution in [3.8, 4) is 0 Å². The third-order valence-electron chi connectivity index (χ3n) is 4.84. The zero-order valence-electron chi connectivity index (χ0n) is 13.5. The first-order valence-electron chi connectivity index (χ1n) is 8.21. The van der Waals surface area contributed by atoms with Crippen LogP contribution in [-0.2, 0) is 19.1 Å². The Morgan fingerprint density at radius 2 is 2.24 bits per heavy atom. The summed E-state index contributed by atoms with van der Waals surface area (Å²) < 4.78 is 11.0. The first-order chi connectivity index (χ1) is 12.1. The third kappa shape index (κ3) is 3.09. The highest BCUT2D eigenvalue weighted by molar-refractivity contribution is 6.33. The lowest BCUT2D eigenvalue weighted by atomic mass is 9.86. The highest BCUT2D eigenvalue weighted by Gasteiger charge is 2.53. The van der Waals surface area contributed by atoms with Crippen LogP contribution < -0.4 is 5.32 Å². The summed E-state index contributed by atoms with van der Waals surface area (Å²) in [7, 11) is 0. The lowest BCUT2D eigenvalue weighted by molar-refractivity contribution is -0.153. The summed E-state index contributed by atoms with van der Waals surface area (Å²) in [5, 5.41) is 3.25. The molecule has 2 amide bonds. The summed E-state index contributed by atoms with van der Waals surface area (Å²) in [6.07, 6.45) is 5.87. The van der Waals surface area contributed by atoms with E-state index in [0.717, 1.165) is 0 Å². The molecule has 4 rings (SSSR count). The van der Waals surface area contributed by atoms with Gasteiger partial charge in [-0.25, -0.2) is 0 Å². The van der Waals surface area contributed by atoms with E-state index in [1.165, 1.54) is 12.5 Å². The van der Waals surface area contributed by atoms with E-state index in [0.29, 0.717) is 55.4 Å². The van der Waals surface area contributed by atoms with E-state index in [9.17, 15) is 9.59 Å². The molecule has 0 bridgehead atoms. The fraction of sp³-hybridized carbons (Fsp3) is 0.471.